The Morgan fingerprint density at radius 1 is 0.368 bits per heavy atom. The molecule has 0 aliphatic heterocycles. The number of aromatic nitrogens is 4. The molecule has 0 aliphatic rings. The molecule has 0 unspecified atom stereocenters. The van der Waals surface area contributed by atoms with Gasteiger partial charge in [-0.1, -0.05) is 176 Å². The molecule has 0 atom stereocenters. The zero-order valence-electron chi connectivity index (χ0n) is 36.8. The van der Waals surface area contributed by atoms with Crippen molar-refractivity contribution in [3.05, 3.63) is 243 Å². The minimum atomic E-state index is 0.638. The molecule has 0 spiro atoms. The zero-order chi connectivity index (χ0) is 45.0. The largest absolute Gasteiger partial charge is 0.454 e. The molecule has 4 heterocycles. The topological polar surface area (TPSA) is 56.7 Å². The quantitative estimate of drug-likeness (QED) is 0.153. The van der Waals surface area contributed by atoms with E-state index >= 15 is 0 Å². The standard InChI is InChI=1S/C63H40N4O/c1-6-19-41(20-7-1)45-35-46(42-21-8-2-9-22-42)37-47(36-45)48-38-54(56-39-55(43-23-10-3-11-24-43)65-63(66-56)44-25-12-4-13-26-44)60(64-40-48)52-30-18-32-58-59(52)53-34-33-51-50-29-16-17-31-57(50)67(61(51)62(53)68-58)49-27-14-5-15-28-49/h1-40H. The molecule has 0 saturated heterocycles. The monoisotopic (exact) mass is 868 g/mol. The first-order chi connectivity index (χ1) is 33.7. The summed E-state index contributed by atoms with van der Waals surface area (Å²) < 4.78 is 9.38. The molecular formula is C63H40N4O. The number of fused-ring (bicyclic) bond motifs is 7. The van der Waals surface area contributed by atoms with Gasteiger partial charge in [-0.25, -0.2) is 9.97 Å². The number of furan rings is 1. The summed E-state index contributed by atoms with van der Waals surface area (Å²) in [7, 11) is 0. The van der Waals surface area contributed by atoms with Crippen molar-refractivity contribution < 1.29 is 4.42 Å². The number of benzene rings is 9. The van der Waals surface area contributed by atoms with Crippen LogP contribution in [0.1, 0.15) is 0 Å². The number of rotatable bonds is 8. The summed E-state index contributed by atoms with van der Waals surface area (Å²) in [5, 5.41) is 4.32. The lowest BCUT2D eigenvalue weighted by Gasteiger charge is -2.16. The van der Waals surface area contributed by atoms with Crippen molar-refractivity contribution in [2.45, 2.75) is 0 Å². The van der Waals surface area contributed by atoms with Gasteiger partial charge in [0.05, 0.1) is 28.1 Å². The van der Waals surface area contributed by atoms with E-state index in [0.29, 0.717) is 5.82 Å². The Morgan fingerprint density at radius 2 is 0.926 bits per heavy atom. The van der Waals surface area contributed by atoms with E-state index in [1.807, 2.05) is 30.5 Å². The molecule has 0 saturated carbocycles. The average molecular weight is 869 g/mol. The highest BCUT2D eigenvalue weighted by Gasteiger charge is 2.24. The number of nitrogens with zero attached hydrogens (tertiary/aromatic N) is 4. The van der Waals surface area contributed by atoms with Crippen LogP contribution in [-0.4, -0.2) is 19.5 Å². The lowest BCUT2D eigenvalue weighted by Crippen LogP contribution is -1.99. The normalized spacial score (nSPS) is 11.5. The van der Waals surface area contributed by atoms with Gasteiger partial charge in [0.2, 0.25) is 0 Å². The number of para-hydroxylation sites is 2. The molecule has 13 aromatic rings. The van der Waals surface area contributed by atoms with Crippen LogP contribution in [0.3, 0.4) is 0 Å². The number of hydrogen-bond donors (Lipinski definition) is 0. The van der Waals surface area contributed by atoms with E-state index in [1.54, 1.807) is 0 Å². The Labute approximate surface area is 392 Å². The molecule has 318 valence electrons. The molecule has 9 aromatic carbocycles. The van der Waals surface area contributed by atoms with Gasteiger partial charge in [-0.15, -0.1) is 0 Å². The fourth-order valence-electron chi connectivity index (χ4n) is 9.85. The smallest absolute Gasteiger partial charge is 0.160 e. The van der Waals surface area contributed by atoms with Gasteiger partial charge < -0.3 is 8.98 Å². The van der Waals surface area contributed by atoms with Gasteiger partial charge in [0, 0.05) is 61.2 Å². The SMILES string of the molecule is c1ccc(-c2cc(-c3ccccc3)cc(-c3cnc(-c4cccc5oc6c(ccc7c8ccccc8n(-c8ccccc8)c76)c45)c(-c4cc(-c5ccccc5)nc(-c5ccccc5)n4)c3)c2)cc1. The van der Waals surface area contributed by atoms with Crippen molar-refractivity contribution in [1.29, 1.82) is 0 Å². The van der Waals surface area contributed by atoms with Crippen LogP contribution in [0.5, 0.6) is 0 Å². The fraction of sp³-hybridized carbons (Fsp3) is 0. The van der Waals surface area contributed by atoms with Crippen molar-refractivity contribution in [3.63, 3.8) is 0 Å². The van der Waals surface area contributed by atoms with E-state index in [2.05, 4.69) is 217 Å². The second kappa shape index (κ2) is 16.4. The third-order valence-electron chi connectivity index (χ3n) is 13.0. The molecule has 0 fully saturated rings. The summed E-state index contributed by atoms with van der Waals surface area (Å²) in [4.78, 5) is 16.1. The van der Waals surface area contributed by atoms with Gasteiger partial charge in [-0.2, -0.15) is 0 Å². The number of hydrogen-bond acceptors (Lipinski definition) is 4. The van der Waals surface area contributed by atoms with Gasteiger partial charge in [0.15, 0.2) is 11.4 Å². The summed E-state index contributed by atoms with van der Waals surface area (Å²) in [6.45, 7) is 0. The van der Waals surface area contributed by atoms with E-state index < -0.39 is 0 Å². The van der Waals surface area contributed by atoms with Crippen LogP contribution >= 0.6 is 0 Å². The predicted molar refractivity (Wildman–Crippen MR) is 279 cm³/mol. The minimum absolute atomic E-state index is 0.638. The molecule has 0 aliphatic carbocycles. The maximum absolute atomic E-state index is 7.05. The third kappa shape index (κ3) is 6.76. The lowest BCUT2D eigenvalue weighted by atomic mass is 9.91. The van der Waals surface area contributed by atoms with E-state index in [0.717, 1.165) is 117 Å². The Hall–Kier alpha value is -9.19. The summed E-state index contributed by atoms with van der Waals surface area (Å²) >= 11 is 0. The molecule has 0 radical (unpaired) electrons. The lowest BCUT2D eigenvalue weighted by molar-refractivity contribution is 0.671. The van der Waals surface area contributed by atoms with Gasteiger partial charge in [-0.3, -0.25) is 4.98 Å². The second-order valence-corrected chi connectivity index (χ2v) is 17.2. The van der Waals surface area contributed by atoms with Crippen LogP contribution in [0.15, 0.2) is 247 Å². The Balaban J connectivity index is 1.09. The minimum Gasteiger partial charge on any atom is -0.454 e. The molecule has 5 nitrogen and oxygen atoms in total. The van der Waals surface area contributed by atoms with Crippen LogP contribution in [-0.2, 0) is 0 Å². The first-order valence-electron chi connectivity index (χ1n) is 22.9. The number of pyridine rings is 1. The van der Waals surface area contributed by atoms with Gasteiger partial charge in [0.1, 0.15) is 5.58 Å². The summed E-state index contributed by atoms with van der Waals surface area (Å²) in [6.07, 6.45) is 2.02. The van der Waals surface area contributed by atoms with Gasteiger partial charge >= 0.3 is 0 Å². The molecule has 0 N–H and O–H groups in total. The van der Waals surface area contributed by atoms with Crippen LogP contribution in [0, 0.1) is 0 Å². The van der Waals surface area contributed by atoms with Crippen molar-refractivity contribution in [3.8, 4) is 84.2 Å². The Morgan fingerprint density at radius 3 is 1.60 bits per heavy atom. The summed E-state index contributed by atoms with van der Waals surface area (Å²) in [5.74, 6) is 0.638. The molecule has 5 heteroatoms. The van der Waals surface area contributed by atoms with Crippen LogP contribution in [0.2, 0.25) is 0 Å². The van der Waals surface area contributed by atoms with Crippen molar-refractivity contribution >= 4 is 43.7 Å². The Bertz CT molecular complexity index is 3880. The van der Waals surface area contributed by atoms with Crippen LogP contribution in [0.25, 0.3) is 128 Å². The predicted octanol–water partition coefficient (Wildman–Crippen LogP) is 16.5. The summed E-state index contributed by atoms with van der Waals surface area (Å²) in [6, 6.07) is 82.8. The molecule has 13 rings (SSSR count). The Kier molecular flexibility index (Phi) is 9.43. The van der Waals surface area contributed by atoms with Gasteiger partial charge in [0.25, 0.3) is 0 Å². The second-order valence-electron chi connectivity index (χ2n) is 17.2. The molecule has 4 aromatic heterocycles. The fourth-order valence-corrected chi connectivity index (χ4v) is 9.85. The van der Waals surface area contributed by atoms with E-state index in [9.17, 15) is 0 Å². The molecule has 0 bridgehead atoms. The summed E-state index contributed by atoms with van der Waals surface area (Å²) in [5.41, 5.74) is 17.6. The molecular weight excluding hydrogens is 829 g/mol. The first-order valence-corrected chi connectivity index (χ1v) is 22.9. The zero-order valence-corrected chi connectivity index (χ0v) is 36.8. The van der Waals surface area contributed by atoms with Crippen molar-refractivity contribution in [1.82, 2.24) is 19.5 Å². The maximum atomic E-state index is 7.05. The highest BCUT2D eigenvalue weighted by molar-refractivity contribution is 6.23. The molecule has 0 amide bonds. The highest BCUT2D eigenvalue weighted by atomic mass is 16.3. The van der Waals surface area contributed by atoms with E-state index in [-0.39, 0.29) is 0 Å². The van der Waals surface area contributed by atoms with Crippen molar-refractivity contribution in [2.75, 3.05) is 0 Å². The van der Waals surface area contributed by atoms with E-state index in [4.69, 9.17) is 19.4 Å². The average Bonchev–Trinajstić information content (AvgIpc) is 3.98. The molecule has 68 heavy (non-hydrogen) atoms. The van der Waals surface area contributed by atoms with Crippen molar-refractivity contribution in [2.24, 2.45) is 0 Å². The first kappa shape index (κ1) is 39.2. The maximum Gasteiger partial charge on any atom is 0.160 e. The highest BCUT2D eigenvalue weighted by Crippen LogP contribution is 2.45. The van der Waals surface area contributed by atoms with Crippen LogP contribution in [0.4, 0.5) is 0 Å². The van der Waals surface area contributed by atoms with E-state index in [1.165, 1.54) is 5.39 Å². The van der Waals surface area contributed by atoms with Gasteiger partial charge in [-0.05, 0) is 88.5 Å². The van der Waals surface area contributed by atoms with Crippen LogP contribution < -0.4 is 0 Å². The third-order valence-corrected chi connectivity index (χ3v) is 13.0.